The maximum Gasteiger partial charge on any atom is 0.394 e. The molecule has 0 radical (unpaired) electrons. The molecule has 0 unspecified atom stereocenters. The zero-order valence-electron chi connectivity index (χ0n) is 8.52. The Kier molecular flexibility index (Phi) is 5.20. The molecule has 0 spiro atoms. The predicted octanol–water partition coefficient (Wildman–Crippen LogP) is 3.52. The van der Waals surface area contributed by atoms with Gasteiger partial charge in [0.25, 0.3) is 0 Å². The lowest BCUT2D eigenvalue weighted by molar-refractivity contribution is -0.127. The van der Waals surface area contributed by atoms with Gasteiger partial charge in [0.1, 0.15) is 0 Å². The second-order valence-electron chi connectivity index (χ2n) is 2.62. The molecule has 1 aromatic heterocycles. The Morgan fingerprint density at radius 2 is 1.86 bits per heavy atom. The minimum atomic E-state index is -4.17. The van der Waals surface area contributed by atoms with Crippen molar-refractivity contribution in [1.29, 1.82) is 0 Å². The first kappa shape index (κ1) is 12.9. The van der Waals surface area contributed by atoms with Crippen LogP contribution in [0, 0.1) is 6.92 Å². The van der Waals surface area contributed by atoms with Crippen LogP contribution in [0.3, 0.4) is 0 Å². The lowest BCUT2D eigenvalue weighted by Gasteiger charge is -2.05. The van der Waals surface area contributed by atoms with Gasteiger partial charge in [-0.25, -0.2) is 0 Å². The van der Waals surface area contributed by atoms with Crippen LogP contribution in [0.2, 0.25) is 0 Å². The molecule has 1 heterocycles. The number of hydrogen-bond donors (Lipinski definition) is 0. The van der Waals surface area contributed by atoms with Crippen LogP contribution in [-0.2, 0) is 6.42 Å². The van der Waals surface area contributed by atoms with Gasteiger partial charge in [-0.2, -0.15) is 13.2 Å². The van der Waals surface area contributed by atoms with Crippen LogP contribution in [0.15, 0.2) is 18.3 Å². The summed E-state index contributed by atoms with van der Waals surface area (Å²) >= 11 is 0. The van der Waals surface area contributed by atoms with Gasteiger partial charge in [0.15, 0.2) is 0 Å². The number of nitrogens with zero attached hydrogens (tertiary/aromatic N) is 1. The van der Waals surface area contributed by atoms with Crippen LogP contribution < -0.4 is 0 Å². The molecule has 1 aromatic rings. The van der Waals surface area contributed by atoms with Crippen molar-refractivity contribution in [2.45, 2.75) is 33.4 Å². The van der Waals surface area contributed by atoms with Crippen molar-refractivity contribution in [1.82, 2.24) is 4.98 Å². The molecule has 0 fully saturated rings. The summed E-state index contributed by atoms with van der Waals surface area (Å²) in [5, 5.41) is 0. The quantitative estimate of drug-likeness (QED) is 0.683. The lowest BCUT2D eigenvalue weighted by Crippen LogP contribution is -2.12. The molecule has 1 rings (SSSR count). The summed E-state index contributed by atoms with van der Waals surface area (Å²) in [5.41, 5.74) is 0.867. The highest BCUT2D eigenvalue weighted by molar-refractivity contribution is 5.14. The summed E-state index contributed by atoms with van der Waals surface area (Å²) in [6.07, 6.45) is -3.73. The molecule has 4 heteroatoms. The van der Waals surface area contributed by atoms with E-state index in [2.05, 4.69) is 4.98 Å². The largest absolute Gasteiger partial charge is 0.394 e. The molecule has 0 saturated heterocycles. The van der Waals surface area contributed by atoms with Crippen molar-refractivity contribution in [2.75, 3.05) is 0 Å². The summed E-state index contributed by atoms with van der Waals surface area (Å²) in [4.78, 5) is 3.60. The fourth-order valence-corrected chi connectivity index (χ4v) is 0.901. The van der Waals surface area contributed by atoms with Crippen molar-refractivity contribution in [3.05, 3.63) is 29.6 Å². The number of alkyl halides is 3. The van der Waals surface area contributed by atoms with E-state index in [-0.39, 0.29) is 5.69 Å². The maximum absolute atomic E-state index is 11.8. The van der Waals surface area contributed by atoms with E-state index in [1.807, 2.05) is 13.8 Å². The van der Waals surface area contributed by atoms with Crippen molar-refractivity contribution in [3.8, 4) is 0 Å². The number of aryl methyl sites for hydroxylation is 1. The second-order valence-corrected chi connectivity index (χ2v) is 2.62. The molecule has 80 valence electrons. The normalized spacial score (nSPS) is 10.4. The van der Waals surface area contributed by atoms with Gasteiger partial charge in [0.2, 0.25) is 0 Å². The number of hydrogen-bond acceptors (Lipinski definition) is 1. The van der Waals surface area contributed by atoms with E-state index in [1.165, 1.54) is 12.3 Å². The Morgan fingerprint density at radius 3 is 2.29 bits per heavy atom. The van der Waals surface area contributed by atoms with Gasteiger partial charge in [0, 0.05) is 11.9 Å². The summed E-state index contributed by atoms with van der Waals surface area (Å²) in [6, 6.07) is 3.10. The van der Waals surface area contributed by atoms with Crippen LogP contribution in [-0.4, -0.2) is 11.2 Å². The number of pyridine rings is 1. The molecule has 0 aliphatic carbocycles. The zero-order chi connectivity index (χ0) is 11.2. The third kappa shape index (κ3) is 5.56. The molecule has 14 heavy (non-hydrogen) atoms. The first-order valence-electron chi connectivity index (χ1n) is 4.46. The van der Waals surface area contributed by atoms with Gasteiger partial charge in [-0.05, 0) is 24.6 Å². The van der Waals surface area contributed by atoms with Crippen molar-refractivity contribution < 1.29 is 13.2 Å². The second kappa shape index (κ2) is 5.62. The minimum Gasteiger partial charge on any atom is -0.261 e. The third-order valence-electron chi connectivity index (χ3n) is 1.35. The SMILES string of the molecule is CC.Cc1ccnc(CC(F)(F)F)c1. The summed E-state index contributed by atoms with van der Waals surface area (Å²) in [5.74, 6) is 0. The molecular formula is C10H14F3N. The lowest BCUT2D eigenvalue weighted by atomic mass is 10.2. The van der Waals surface area contributed by atoms with Crippen LogP contribution in [0.5, 0.6) is 0 Å². The molecule has 1 nitrogen and oxygen atoms in total. The Balaban J connectivity index is 0.000000791. The van der Waals surface area contributed by atoms with E-state index in [1.54, 1.807) is 13.0 Å². The smallest absolute Gasteiger partial charge is 0.261 e. The Hall–Kier alpha value is -1.06. The van der Waals surface area contributed by atoms with E-state index < -0.39 is 12.6 Å². The average Bonchev–Trinajstić information content (AvgIpc) is 2.04. The maximum atomic E-state index is 11.8. The Morgan fingerprint density at radius 1 is 1.29 bits per heavy atom. The van der Waals surface area contributed by atoms with Crippen molar-refractivity contribution in [3.63, 3.8) is 0 Å². The Labute approximate surface area is 82.0 Å². The molecule has 0 saturated carbocycles. The number of halogens is 3. The average molecular weight is 205 g/mol. The molecule has 0 amide bonds. The van der Waals surface area contributed by atoms with Crippen LogP contribution >= 0.6 is 0 Å². The van der Waals surface area contributed by atoms with E-state index in [0.29, 0.717) is 0 Å². The highest BCUT2D eigenvalue weighted by atomic mass is 19.4. The standard InChI is InChI=1S/C8H8F3N.C2H6/c1-6-2-3-12-7(4-6)5-8(9,10)11;1-2/h2-4H,5H2,1H3;1-2H3. The minimum absolute atomic E-state index is 0.0718. The van der Waals surface area contributed by atoms with E-state index in [9.17, 15) is 13.2 Å². The van der Waals surface area contributed by atoms with Gasteiger partial charge in [-0.1, -0.05) is 13.8 Å². The molecule has 0 aliphatic heterocycles. The van der Waals surface area contributed by atoms with Gasteiger partial charge < -0.3 is 0 Å². The molecule has 0 N–H and O–H groups in total. The first-order chi connectivity index (χ1) is 6.47. The van der Waals surface area contributed by atoms with Crippen molar-refractivity contribution in [2.24, 2.45) is 0 Å². The zero-order valence-corrected chi connectivity index (χ0v) is 8.52. The number of rotatable bonds is 1. The molecule has 0 aromatic carbocycles. The topological polar surface area (TPSA) is 12.9 Å². The molecular weight excluding hydrogens is 191 g/mol. The summed E-state index contributed by atoms with van der Waals surface area (Å²) in [7, 11) is 0. The van der Waals surface area contributed by atoms with Gasteiger partial charge >= 0.3 is 6.18 Å². The number of aromatic nitrogens is 1. The van der Waals surface area contributed by atoms with E-state index in [4.69, 9.17) is 0 Å². The highest BCUT2D eigenvalue weighted by Crippen LogP contribution is 2.20. The van der Waals surface area contributed by atoms with E-state index in [0.717, 1.165) is 5.56 Å². The first-order valence-corrected chi connectivity index (χ1v) is 4.46. The van der Waals surface area contributed by atoms with Gasteiger partial charge in [0.05, 0.1) is 6.42 Å². The fourth-order valence-electron chi connectivity index (χ4n) is 0.901. The van der Waals surface area contributed by atoms with Crippen molar-refractivity contribution >= 4 is 0 Å². The third-order valence-corrected chi connectivity index (χ3v) is 1.35. The summed E-state index contributed by atoms with van der Waals surface area (Å²) in [6.45, 7) is 5.74. The van der Waals surface area contributed by atoms with E-state index >= 15 is 0 Å². The van der Waals surface area contributed by atoms with Crippen LogP contribution in [0.4, 0.5) is 13.2 Å². The molecule has 0 aliphatic rings. The molecule has 0 atom stereocenters. The highest BCUT2D eigenvalue weighted by Gasteiger charge is 2.28. The monoisotopic (exact) mass is 205 g/mol. The van der Waals surface area contributed by atoms with Crippen LogP contribution in [0.25, 0.3) is 0 Å². The van der Waals surface area contributed by atoms with Gasteiger partial charge in [-0.3, -0.25) is 4.98 Å². The summed E-state index contributed by atoms with van der Waals surface area (Å²) < 4.78 is 35.5. The van der Waals surface area contributed by atoms with Crippen LogP contribution in [0.1, 0.15) is 25.1 Å². The van der Waals surface area contributed by atoms with Gasteiger partial charge in [-0.15, -0.1) is 0 Å². The predicted molar refractivity (Wildman–Crippen MR) is 50.1 cm³/mol. The fraction of sp³-hybridized carbons (Fsp3) is 0.500. The Bertz CT molecular complexity index is 268. The molecule has 0 bridgehead atoms.